The lowest BCUT2D eigenvalue weighted by molar-refractivity contribution is -0.955. The number of aromatic nitrogens is 2. The molecule has 1 atom stereocenters. The molecule has 7 aromatic rings. The monoisotopic (exact) mass is 650 g/mol. The van der Waals surface area contributed by atoms with Crippen LogP contribution in [0.15, 0.2) is 113 Å². The van der Waals surface area contributed by atoms with E-state index in [1.54, 1.807) is 0 Å². The van der Waals surface area contributed by atoms with Gasteiger partial charge in [0, 0.05) is 40.1 Å². The first-order valence-electron chi connectivity index (χ1n) is 18.0. The van der Waals surface area contributed by atoms with Gasteiger partial charge in [-0.1, -0.05) is 68.8 Å². The lowest BCUT2D eigenvalue weighted by Crippen LogP contribution is -2.71. The molecule has 4 aromatic carbocycles. The summed E-state index contributed by atoms with van der Waals surface area (Å²) in [5.74, 6) is 0. The number of nitrogens with zero attached hydrogens (tertiary/aromatic N) is 2. The van der Waals surface area contributed by atoms with Gasteiger partial charge in [-0.15, -0.1) is 9.13 Å². The molecule has 0 amide bonds. The van der Waals surface area contributed by atoms with Crippen molar-refractivity contribution in [2.75, 3.05) is 0 Å². The highest BCUT2D eigenvalue weighted by molar-refractivity contribution is 6.13. The van der Waals surface area contributed by atoms with Gasteiger partial charge in [0.1, 0.15) is 27.9 Å². The predicted octanol–water partition coefficient (Wildman–Crippen LogP) is 10.6. The summed E-state index contributed by atoms with van der Waals surface area (Å²) in [7, 11) is 0. The van der Waals surface area contributed by atoms with Gasteiger partial charge in [-0.25, -0.2) is 0 Å². The second-order valence-corrected chi connectivity index (χ2v) is 16.2. The second-order valence-electron chi connectivity index (χ2n) is 16.2. The number of allylic oxidation sites excluding steroid dienone is 2. The van der Waals surface area contributed by atoms with Crippen LogP contribution in [0.2, 0.25) is 0 Å². The molecule has 0 saturated heterocycles. The number of hydrogen-bond donors (Lipinski definition) is 0. The Hall–Kier alpha value is -5.28. The molecular weight excluding hydrogens is 609 g/mol. The Labute approximate surface area is 294 Å². The largest absolute Gasteiger partial charge is 0.454 e. The van der Waals surface area contributed by atoms with Crippen molar-refractivity contribution in [3.8, 4) is 33.6 Å². The Kier molecular flexibility index (Phi) is 5.87. The highest BCUT2D eigenvalue weighted by atomic mass is 16.3. The molecule has 0 radical (unpaired) electrons. The molecule has 5 heterocycles. The minimum atomic E-state index is -0.606. The average molecular weight is 651 g/mol. The highest BCUT2D eigenvalue weighted by Gasteiger charge is 2.67. The maximum absolute atomic E-state index is 7.24. The van der Waals surface area contributed by atoms with Crippen molar-refractivity contribution in [2.45, 2.75) is 67.0 Å². The maximum atomic E-state index is 7.24. The van der Waals surface area contributed by atoms with Crippen LogP contribution in [0.5, 0.6) is 0 Å². The fourth-order valence-electron chi connectivity index (χ4n) is 9.65. The van der Waals surface area contributed by atoms with E-state index >= 15 is 0 Å². The molecule has 0 fully saturated rings. The molecule has 2 aliphatic heterocycles. The molecule has 3 aliphatic rings. The van der Waals surface area contributed by atoms with Crippen LogP contribution < -0.4 is 9.13 Å². The van der Waals surface area contributed by atoms with Gasteiger partial charge in [-0.05, 0) is 110 Å². The third kappa shape index (κ3) is 3.70. The minimum absolute atomic E-state index is 0.0906. The molecule has 1 spiro atoms. The Morgan fingerprint density at radius 2 is 1.38 bits per heavy atom. The van der Waals surface area contributed by atoms with Gasteiger partial charge in [-0.2, -0.15) is 0 Å². The molecule has 1 aliphatic carbocycles. The summed E-state index contributed by atoms with van der Waals surface area (Å²) in [6, 6.07) is 34.1. The number of hydrogen-bond acceptors (Lipinski definition) is 1. The van der Waals surface area contributed by atoms with Gasteiger partial charge >= 0.3 is 5.66 Å². The van der Waals surface area contributed by atoms with Crippen LogP contribution in [0.3, 0.4) is 0 Å². The normalized spacial score (nSPS) is 17.1. The lowest BCUT2D eigenvalue weighted by Gasteiger charge is -2.23. The third-order valence-corrected chi connectivity index (χ3v) is 11.8. The van der Waals surface area contributed by atoms with Crippen LogP contribution >= 0.6 is 0 Å². The van der Waals surface area contributed by atoms with E-state index in [9.17, 15) is 0 Å². The summed E-state index contributed by atoms with van der Waals surface area (Å²) in [6.07, 6.45) is 6.72. The van der Waals surface area contributed by atoms with E-state index in [1.807, 2.05) is 0 Å². The Morgan fingerprint density at radius 1 is 0.660 bits per heavy atom. The SMILES string of the molecule is CC1=C(C)c2c(ccc3c2oc2c4c(ccc23)C2(c3ccccc3-c3cccc[n+]32)[n+]2cc(CC(C)(C)C)c(-c3c(C)cccc3C)cc2-4)C1. The van der Waals surface area contributed by atoms with Crippen molar-refractivity contribution in [1.82, 2.24) is 0 Å². The van der Waals surface area contributed by atoms with Crippen LogP contribution in [0.25, 0.3) is 61.2 Å². The fourth-order valence-corrected chi connectivity index (χ4v) is 9.65. The molecule has 3 nitrogen and oxygen atoms in total. The second kappa shape index (κ2) is 9.91. The van der Waals surface area contributed by atoms with Gasteiger partial charge in [0.2, 0.25) is 11.4 Å². The molecule has 3 aromatic heterocycles. The van der Waals surface area contributed by atoms with Crippen LogP contribution in [0.1, 0.15) is 73.6 Å². The fraction of sp³-hybridized carbons (Fsp3) is 0.234. The highest BCUT2D eigenvalue weighted by Crippen LogP contribution is 2.52. The standard InChI is InChI=1S/C47H42N2O/c1-27-13-12-14-28(2)41(27)36-24-40-43-38(21-20-34-33-19-18-31-23-29(3)30(4)42(31)44(33)50-45(34)43)47(49(40)26-32(36)25-46(5,6)7)37-16-9-8-15-35(37)39-17-10-11-22-48(39)47/h8-22,24,26H,23,25H2,1-7H3/q+2. The first kappa shape index (κ1) is 29.6. The van der Waals surface area contributed by atoms with Gasteiger partial charge in [0.25, 0.3) is 0 Å². The van der Waals surface area contributed by atoms with E-state index < -0.39 is 5.66 Å². The number of aryl methyl sites for hydroxylation is 2. The van der Waals surface area contributed by atoms with Gasteiger partial charge in [-0.3, -0.25) is 0 Å². The minimum Gasteiger partial charge on any atom is -0.454 e. The zero-order valence-electron chi connectivity index (χ0n) is 30.0. The maximum Gasteiger partial charge on any atom is 0.417 e. The number of fused-ring (bicyclic) bond motifs is 16. The quantitative estimate of drug-likeness (QED) is 0.171. The summed E-state index contributed by atoms with van der Waals surface area (Å²) < 4.78 is 12.3. The van der Waals surface area contributed by atoms with E-state index in [4.69, 9.17) is 4.42 Å². The van der Waals surface area contributed by atoms with E-state index in [1.165, 1.54) is 94.5 Å². The van der Waals surface area contributed by atoms with E-state index in [0.29, 0.717) is 0 Å². The summed E-state index contributed by atoms with van der Waals surface area (Å²) in [4.78, 5) is 0. The van der Waals surface area contributed by atoms with Crippen LogP contribution in [0, 0.1) is 19.3 Å². The van der Waals surface area contributed by atoms with Gasteiger partial charge < -0.3 is 4.42 Å². The summed E-state index contributed by atoms with van der Waals surface area (Å²) in [6.45, 7) is 16.1. The summed E-state index contributed by atoms with van der Waals surface area (Å²) >= 11 is 0. The molecule has 244 valence electrons. The van der Waals surface area contributed by atoms with E-state index in [2.05, 4.69) is 161 Å². The molecule has 0 N–H and O–H groups in total. The first-order valence-corrected chi connectivity index (χ1v) is 18.0. The smallest absolute Gasteiger partial charge is 0.417 e. The molecule has 0 bridgehead atoms. The molecular formula is C47H42N2O+2. The number of benzene rings is 4. The molecule has 1 unspecified atom stereocenters. The lowest BCUT2D eigenvalue weighted by atomic mass is 9.83. The molecule has 50 heavy (non-hydrogen) atoms. The van der Waals surface area contributed by atoms with Crippen LogP contribution in [-0.4, -0.2) is 0 Å². The van der Waals surface area contributed by atoms with Crippen molar-refractivity contribution < 1.29 is 13.6 Å². The van der Waals surface area contributed by atoms with Crippen molar-refractivity contribution in [3.63, 3.8) is 0 Å². The average Bonchev–Trinajstić information content (AvgIpc) is 3.78. The first-order chi connectivity index (χ1) is 24.1. The number of rotatable bonds is 2. The van der Waals surface area contributed by atoms with Crippen molar-refractivity contribution in [3.05, 3.63) is 148 Å². The van der Waals surface area contributed by atoms with Crippen molar-refractivity contribution in [2.24, 2.45) is 5.41 Å². The van der Waals surface area contributed by atoms with Gasteiger partial charge in [0.05, 0.1) is 5.56 Å². The summed E-state index contributed by atoms with van der Waals surface area (Å²) in [5, 5.41) is 2.38. The van der Waals surface area contributed by atoms with E-state index in [0.717, 1.165) is 24.0 Å². The zero-order valence-corrected chi connectivity index (χ0v) is 30.0. The Morgan fingerprint density at radius 3 is 2.16 bits per heavy atom. The third-order valence-electron chi connectivity index (χ3n) is 11.8. The Balaban J connectivity index is 1.40. The Bertz CT molecular complexity index is 2610. The van der Waals surface area contributed by atoms with E-state index in [-0.39, 0.29) is 5.41 Å². The molecule has 0 saturated carbocycles. The summed E-state index contributed by atoms with van der Waals surface area (Å²) in [5.41, 5.74) is 21.0. The molecule has 10 rings (SSSR count). The number of pyridine rings is 2. The van der Waals surface area contributed by atoms with Crippen molar-refractivity contribution >= 4 is 27.5 Å². The number of furan rings is 1. The van der Waals surface area contributed by atoms with Crippen LogP contribution in [0.4, 0.5) is 0 Å². The topological polar surface area (TPSA) is 20.9 Å². The predicted molar refractivity (Wildman–Crippen MR) is 203 cm³/mol. The molecule has 3 heteroatoms. The van der Waals surface area contributed by atoms with Crippen LogP contribution in [-0.2, 0) is 18.5 Å². The zero-order chi connectivity index (χ0) is 34.3. The van der Waals surface area contributed by atoms with Gasteiger partial charge in [0.15, 0.2) is 12.4 Å². The van der Waals surface area contributed by atoms with Crippen molar-refractivity contribution in [1.29, 1.82) is 0 Å².